The van der Waals surface area contributed by atoms with Crippen molar-refractivity contribution in [3.8, 4) is 0 Å². The van der Waals surface area contributed by atoms with Crippen LogP contribution in [-0.2, 0) is 4.79 Å². The third-order valence-corrected chi connectivity index (χ3v) is 4.16. The summed E-state index contributed by atoms with van der Waals surface area (Å²) in [4.78, 5) is 16.4. The van der Waals surface area contributed by atoms with Crippen LogP contribution in [0, 0.1) is 12.8 Å². The van der Waals surface area contributed by atoms with Gasteiger partial charge in [0.05, 0.1) is 12.0 Å². The topological polar surface area (TPSA) is 62.2 Å². The highest BCUT2D eigenvalue weighted by atomic mass is 32.1. The maximum Gasteiger partial charge on any atom is 0.308 e. The van der Waals surface area contributed by atoms with E-state index in [1.807, 2.05) is 20.0 Å². The van der Waals surface area contributed by atoms with Gasteiger partial charge in [0.15, 0.2) is 0 Å². The molecule has 3 unspecified atom stereocenters. The summed E-state index contributed by atoms with van der Waals surface area (Å²) in [6, 6.07) is 0.252. The number of rotatable bonds is 4. The first-order valence-corrected chi connectivity index (χ1v) is 6.30. The largest absolute Gasteiger partial charge is 0.481 e. The first kappa shape index (κ1) is 11.5. The number of nitrogens with one attached hydrogen (secondary N) is 1. The lowest BCUT2D eigenvalue weighted by Crippen LogP contribution is -2.48. The van der Waals surface area contributed by atoms with Gasteiger partial charge in [0.1, 0.15) is 5.01 Å². The molecule has 0 spiro atoms. The Bertz CT molecular complexity index is 391. The van der Waals surface area contributed by atoms with E-state index in [1.54, 1.807) is 11.3 Å². The van der Waals surface area contributed by atoms with E-state index in [4.69, 9.17) is 5.11 Å². The fraction of sp³-hybridized carbons (Fsp3) is 0.636. The summed E-state index contributed by atoms with van der Waals surface area (Å²) in [5.74, 6) is -0.908. The van der Waals surface area contributed by atoms with Gasteiger partial charge in [-0.3, -0.25) is 4.79 Å². The number of hydrogen-bond acceptors (Lipinski definition) is 4. The average Bonchev–Trinajstić information content (AvgIpc) is 2.58. The summed E-state index contributed by atoms with van der Waals surface area (Å²) >= 11 is 1.66. The van der Waals surface area contributed by atoms with Gasteiger partial charge in [0.2, 0.25) is 0 Å². The van der Waals surface area contributed by atoms with E-state index >= 15 is 0 Å². The van der Waals surface area contributed by atoms with Crippen LogP contribution in [0.3, 0.4) is 0 Å². The SMILES string of the molecule is Cc1cnc(C(C)NC2CCC2C(=O)O)s1. The van der Waals surface area contributed by atoms with E-state index in [0.717, 1.165) is 17.8 Å². The molecule has 88 valence electrons. The van der Waals surface area contributed by atoms with Crippen LogP contribution in [0.5, 0.6) is 0 Å². The summed E-state index contributed by atoms with van der Waals surface area (Å²) in [6.07, 6.45) is 3.59. The fourth-order valence-electron chi connectivity index (χ4n) is 1.96. The summed E-state index contributed by atoms with van der Waals surface area (Å²) in [5.41, 5.74) is 0. The van der Waals surface area contributed by atoms with E-state index in [0.29, 0.717) is 0 Å². The molecular formula is C11H16N2O2S. The minimum atomic E-state index is -0.689. The van der Waals surface area contributed by atoms with Crippen LogP contribution >= 0.6 is 11.3 Å². The van der Waals surface area contributed by atoms with Crippen LogP contribution in [0.2, 0.25) is 0 Å². The fourth-order valence-corrected chi connectivity index (χ4v) is 2.75. The van der Waals surface area contributed by atoms with Crippen LogP contribution < -0.4 is 5.32 Å². The van der Waals surface area contributed by atoms with Gasteiger partial charge in [-0.1, -0.05) is 0 Å². The molecule has 1 aromatic rings. The van der Waals surface area contributed by atoms with E-state index in [2.05, 4.69) is 10.3 Å². The molecule has 0 radical (unpaired) electrons. The van der Waals surface area contributed by atoms with Crippen LogP contribution in [0.15, 0.2) is 6.20 Å². The third kappa shape index (κ3) is 2.25. The molecule has 3 atom stereocenters. The van der Waals surface area contributed by atoms with Crippen molar-refractivity contribution in [2.45, 2.75) is 38.8 Å². The molecule has 1 saturated carbocycles. The van der Waals surface area contributed by atoms with Crippen LogP contribution in [-0.4, -0.2) is 22.1 Å². The number of hydrogen-bond donors (Lipinski definition) is 2. The van der Waals surface area contributed by atoms with E-state index in [9.17, 15) is 4.79 Å². The van der Waals surface area contributed by atoms with Gasteiger partial charge in [0, 0.05) is 17.1 Å². The Morgan fingerprint density at radius 1 is 1.69 bits per heavy atom. The van der Waals surface area contributed by atoms with Crippen LogP contribution in [0.1, 0.15) is 35.7 Å². The second-order valence-electron chi connectivity index (χ2n) is 4.33. The lowest BCUT2D eigenvalue weighted by atomic mass is 9.79. The first-order valence-electron chi connectivity index (χ1n) is 5.49. The van der Waals surface area contributed by atoms with E-state index in [1.165, 1.54) is 4.88 Å². The molecule has 1 aromatic heterocycles. The molecule has 1 aliphatic carbocycles. The zero-order valence-electron chi connectivity index (χ0n) is 9.43. The normalized spacial score (nSPS) is 26.1. The molecule has 2 rings (SSSR count). The molecule has 5 heteroatoms. The van der Waals surface area contributed by atoms with Crippen molar-refractivity contribution in [2.24, 2.45) is 5.92 Å². The first-order chi connectivity index (χ1) is 7.58. The minimum Gasteiger partial charge on any atom is -0.481 e. The van der Waals surface area contributed by atoms with Crippen LogP contribution in [0.25, 0.3) is 0 Å². The van der Waals surface area contributed by atoms with Gasteiger partial charge in [-0.2, -0.15) is 0 Å². The third-order valence-electron chi connectivity index (χ3n) is 3.07. The molecule has 1 aliphatic rings. The van der Waals surface area contributed by atoms with Crippen molar-refractivity contribution in [2.75, 3.05) is 0 Å². The molecule has 0 amide bonds. The summed E-state index contributed by atoms with van der Waals surface area (Å²) in [6.45, 7) is 4.06. The van der Waals surface area contributed by atoms with Crippen molar-refractivity contribution >= 4 is 17.3 Å². The molecule has 1 fully saturated rings. The number of thiazole rings is 1. The highest BCUT2D eigenvalue weighted by Gasteiger charge is 2.37. The molecule has 4 nitrogen and oxygen atoms in total. The molecule has 0 aromatic carbocycles. The molecule has 0 saturated heterocycles. The number of nitrogens with zero attached hydrogens (tertiary/aromatic N) is 1. The number of carboxylic acids is 1. The molecular weight excluding hydrogens is 224 g/mol. The van der Waals surface area contributed by atoms with Gasteiger partial charge in [0.25, 0.3) is 0 Å². The second kappa shape index (κ2) is 4.51. The molecule has 0 aliphatic heterocycles. The Morgan fingerprint density at radius 2 is 2.44 bits per heavy atom. The predicted molar refractivity (Wildman–Crippen MR) is 62.5 cm³/mol. The maximum absolute atomic E-state index is 10.9. The number of aryl methyl sites for hydroxylation is 1. The molecule has 0 bridgehead atoms. The second-order valence-corrected chi connectivity index (χ2v) is 5.59. The zero-order chi connectivity index (χ0) is 11.7. The maximum atomic E-state index is 10.9. The zero-order valence-corrected chi connectivity index (χ0v) is 10.3. The Morgan fingerprint density at radius 3 is 2.88 bits per heavy atom. The predicted octanol–water partition coefficient (Wildman–Crippen LogP) is 1.97. The molecule has 1 heterocycles. The van der Waals surface area contributed by atoms with Gasteiger partial charge >= 0.3 is 5.97 Å². The van der Waals surface area contributed by atoms with Crippen molar-refractivity contribution in [1.29, 1.82) is 0 Å². The van der Waals surface area contributed by atoms with Crippen molar-refractivity contribution < 1.29 is 9.90 Å². The lowest BCUT2D eigenvalue weighted by Gasteiger charge is -2.35. The lowest BCUT2D eigenvalue weighted by molar-refractivity contribution is -0.146. The minimum absolute atomic E-state index is 0.108. The molecule has 16 heavy (non-hydrogen) atoms. The Kier molecular flexibility index (Phi) is 3.25. The quantitative estimate of drug-likeness (QED) is 0.844. The Hall–Kier alpha value is -0.940. The molecule has 2 N–H and O–H groups in total. The number of aliphatic carboxylic acids is 1. The smallest absolute Gasteiger partial charge is 0.308 e. The monoisotopic (exact) mass is 240 g/mol. The average molecular weight is 240 g/mol. The van der Waals surface area contributed by atoms with Crippen molar-refractivity contribution in [1.82, 2.24) is 10.3 Å². The van der Waals surface area contributed by atoms with Crippen molar-refractivity contribution in [3.05, 3.63) is 16.1 Å². The number of carbonyl (C=O) groups is 1. The highest BCUT2D eigenvalue weighted by molar-refractivity contribution is 7.11. The van der Waals surface area contributed by atoms with Crippen molar-refractivity contribution in [3.63, 3.8) is 0 Å². The number of aromatic nitrogens is 1. The number of carboxylic acid groups (broad SMARTS) is 1. The Labute approximate surface area is 98.7 Å². The Balaban J connectivity index is 1.93. The summed E-state index contributed by atoms with van der Waals surface area (Å²) in [5, 5.41) is 13.3. The van der Waals surface area contributed by atoms with Gasteiger partial charge in [-0.25, -0.2) is 4.98 Å². The van der Waals surface area contributed by atoms with Gasteiger partial charge < -0.3 is 10.4 Å². The van der Waals surface area contributed by atoms with Gasteiger partial charge in [-0.15, -0.1) is 11.3 Å². The summed E-state index contributed by atoms with van der Waals surface area (Å²) < 4.78 is 0. The van der Waals surface area contributed by atoms with Gasteiger partial charge in [-0.05, 0) is 26.7 Å². The van der Waals surface area contributed by atoms with E-state index < -0.39 is 5.97 Å². The standard InChI is InChI=1S/C11H16N2O2S/c1-6-5-12-10(16-6)7(2)13-9-4-3-8(9)11(14)15/h5,7-9,13H,3-4H2,1-2H3,(H,14,15). The van der Waals surface area contributed by atoms with E-state index in [-0.39, 0.29) is 18.0 Å². The summed E-state index contributed by atoms with van der Waals surface area (Å²) in [7, 11) is 0. The van der Waals surface area contributed by atoms with Crippen LogP contribution in [0.4, 0.5) is 0 Å². The highest BCUT2D eigenvalue weighted by Crippen LogP contribution is 2.30.